The van der Waals surface area contributed by atoms with Crippen LogP contribution >= 0.6 is 0 Å². The molecule has 126 valence electrons. The van der Waals surface area contributed by atoms with Crippen LogP contribution in [0.15, 0.2) is 27.1 Å². The molecule has 0 saturated heterocycles. The Hall–Kier alpha value is -2.28. The molecule has 3 N–H and O–H groups in total. The van der Waals surface area contributed by atoms with E-state index in [2.05, 4.69) is 15.8 Å². The number of rotatable bonds is 6. The summed E-state index contributed by atoms with van der Waals surface area (Å²) in [6.07, 6.45) is 0. The van der Waals surface area contributed by atoms with Crippen LogP contribution in [0, 0.1) is 6.92 Å². The monoisotopic (exact) mass is 321 g/mol. The van der Waals surface area contributed by atoms with Crippen LogP contribution in [0.25, 0.3) is 0 Å². The summed E-state index contributed by atoms with van der Waals surface area (Å²) in [5, 5.41) is 19.5. The molecule has 2 rings (SSSR count). The van der Waals surface area contributed by atoms with E-state index >= 15 is 0 Å². The number of nitrogens with zero attached hydrogens (tertiary/aromatic N) is 1. The SMILES string of the molecule is Cc1ccc([C@](C)(O)CNC(=O)NCc2cc(C(C)C)no2)o1. The van der Waals surface area contributed by atoms with Crippen LogP contribution in [0.4, 0.5) is 4.79 Å². The molecule has 2 aromatic heterocycles. The van der Waals surface area contributed by atoms with Gasteiger partial charge in [0, 0.05) is 6.07 Å². The second-order valence-corrected chi connectivity index (χ2v) is 6.09. The van der Waals surface area contributed by atoms with Gasteiger partial charge in [0.05, 0.1) is 18.8 Å². The molecule has 0 fully saturated rings. The molecule has 0 radical (unpaired) electrons. The van der Waals surface area contributed by atoms with Gasteiger partial charge in [-0.2, -0.15) is 0 Å². The first-order chi connectivity index (χ1) is 10.8. The molecule has 1 atom stereocenters. The van der Waals surface area contributed by atoms with Gasteiger partial charge in [0.15, 0.2) is 5.76 Å². The van der Waals surface area contributed by atoms with E-state index in [1.807, 2.05) is 19.9 Å². The molecule has 2 amide bonds. The van der Waals surface area contributed by atoms with Crippen LogP contribution in [-0.4, -0.2) is 22.8 Å². The Morgan fingerprint density at radius 1 is 1.39 bits per heavy atom. The maximum atomic E-state index is 11.8. The second-order valence-electron chi connectivity index (χ2n) is 6.09. The van der Waals surface area contributed by atoms with Crippen molar-refractivity contribution in [2.24, 2.45) is 0 Å². The lowest BCUT2D eigenvalue weighted by molar-refractivity contribution is 0.0359. The van der Waals surface area contributed by atoms with Gasteiger partial charge in [-0.1, -0.05) is 19.0 Å². The number of aromatic nitrogens is 1. The fourth-order valence-electron chi connectivity index (χ4n) is 1.98. The van der Waals surface area contributed by atoms with Crippen LogP contribution in [0.1, 0.15) is 49.7 Å². The zero-order chi connectivity index (χ0) is 17.0. The first kappa shape index (κ1) is 17.1. The summed E-state index contributed by atoms with van der Waals surface area (Å²) in [6.45, 7) is 7.66. The number of carbonyl (C=O) groups excluding carboxylic acids is 1. The molecule has 2 heterocycles. The van der Waals surface area contributed by atoms with Gasteiger partial charge < -0.3 is 24.7 Å². The number of aliphatic hydroxyl groups is 1. The summed E-state index contributed by atoms with van der Waals surface area (Å²) < 4.78 is 10.5. The Morgan fingerprint density at radius 3 is 2.70 bits per heavy atom. The number of urea groups is 1. The van der Waals surface area contributed by atoms with Crippen LogP contribution in [0.5, 0.6) is 0 Å². The Balaban J connectivity index is 1.80. The summed E-state index contributed by atoms with van der Waals surface area (Å²) in [7, 11) is 0. The van der Waals surface area contributed by atoms with Gasteiger partial charge >= 0.3 is 6.03 Å². The summed E-state index contributed by atoms with van der Waals surface area (Å²) >= 11 is 0. The van der Waals surface area contributed by atoms with Gasteiger partial charge in [-0.25, -0.2) is 4.79 Å². The number of aryl methyl sites for hydroxylation is 1. The van der Waals surface area contributed by atoms with Gasteiger partial charge in [0.25, 0.3) is 0 Å². The Morgan fingerprint density at radius 2 is 2.13 bits per heavy atom. The number of hydrogen-bond donors (Lipinski definition) is 3. The Bertz CT molecular complexity index is 658. The lowest BCUT2D eigenvalue weighted by Gasteiger charge is -2.21. The molecule has 0 saturated carbocycles. The predicted octanol–water partition coefficient (Wildman–Crippen LogP) is 2.41. The van der Waals surface area contributed by atoms with Crippen molar-refractivity contribution in [2.45, 2.75) is 45.8 Å². The van der Waals surface area contributed by atoms with Crippen molar-refractivity contribution in [1.82, 2.24) is 15.8 Å². The molecular formula is C16H23N3O4. The number of amides is 2. The van der Waals surface area contributed by atoms with Crippen molar-refractivity contribution in [3.05, 3.63) is 41.2 Å². The van der Waals surface area contributed by atoms with E-state index in [1.54, 1.807) is 26.0 Å². The molecule has 0 aliphatic carbocycles. The minimum absolute atomic E-state index is 0.0272. The number of hydrogen-bond acceptors (Lipinski definition) is 5. The van der Waals surface area contributed by atoms with E-state index in [0.717, 1.165) is 5.69 Å². The van der Waals surface area contributed by atoms with Crippen LogP contribution in [0.2, 0.25) is 0 Å². The van der Waals surface area contributed by atoms with Gasteiger partial charge in [-0.05, 0) is 31.9 Å². The maximum Gasteiger partial charge on any atom is 0.315 e. The molecule has 0 spiro atoms. The highest BCUT2D eigenvalue weighted by Gasteiger charge is 2.27. The maximum absolute atomic E-state index is 11.8. The van der Waals surface area contributed by atoms with E-state index in [9.17, 15) is 9.90 Å². The van der Waals surface area contributed by atoms with E-state index in [4.69, 9.17) is 8.94 Å². The first-order valence-corrected chi connectivity index (χ1v) is 7.54. The third-order valence-electron chi connectivity index (χ3n) is 3.46. The van der Waals surface area contributed by atoms with E-state index in [0.29, 0.717) is 17.3 Å². The normalized spacial score (nSPS) is 13.8. The topological polar surface area (TPSA) is 101 Å². The number of carbonyl (C=O) groups is 1. The quantitative estimate of drug-likeness (QED) is 0.758. The molecule has 7 nitrogen and oxygen atoms in total. The van der Waals surface area contributed by atoms with Crippen molar-refractivity contribution in [2.75, 3.05) is 6.54 Å². The van der Waals surface area contributed by atoms with Gasteiger partial charge in [0.1, 0.15) is 17.1 Å². The molecule has 2 aromatic rings. The lowest BCUT2D eigenvalue weighted by Crippen LogP contribution is -2.43. The second kappa shape index (κ2) is 6.87. The minimum atomic E-state index is -1.28. The van der Waals surface area contributed by atoms with Crippen molar-refractivity contribution >= 4 is 6.03 Å². The molecular weight excluding hydrogens is 298 g/mol. The Kier molecular flexibility index (Phi) is 5.10. The van der Waals surface area contributed by atoms with Gasteiger partial charge in [-0.3, -0.25) is 0 Å². The highest BCUT2D eigenvalue weighted by molar-refractivity contribution is 5.73. The molecule has 0 bridgehead atoms. The van der Waals surface area contributed by atoms with Crippen LogP contribution in [0.3, 0.4) is 0 Å². The highest BCUT2D eigenvalue weighted by atomic mass is 16.5. The number of nitrogens with one attached hydrogen (secondary N) is 2. The first-order valence-electron chi connectivity index (χ1n) is 7.54. The molecule has 0 aromatic carbocycles. The largest absolute Gasteiger partial charge is 0.463 e. The predicted molar refractivity (Wildman–Crippen MR) is 83.8 cm³/mol. The van der Waals surface area contributed by atoms with E-state index < -0.39 is 11.6 Å². The summed E-state index contributed by atoms with van der Waals surface area (Å²) in [5.41, 5.74) is -0.429. The van der Waals surface area contributed by atoms with Crippen molar-refractivity contribution in [3.8, 4) is 0 Å². The summed E-state index contributed by atoms with van der Waals surface area (Å²) in [6, 6.07) is 4.86. The summed E-state index contributed by atoms with van der Waals surface area (Å²) in [5.74, 6) is 1.97. The van der Waals surface area contributed by atoms with Gasteiger partial charge in [-0.15, -0.1) is 0 Å². The van der Waals surface area contributed by atoms with Crippen molar-refractivity contribution in [1.29, 1.82) is 0 Å². The van der Waals surface area contributed by atoms with Crippen LogP contribution in [-0.2, 0) is 12.1 Å². The Labute approximate surface area is 135 Å². The van der Waals surface area contributed by atoms with Crippen LogP contribution < -0.4 is 10.6 Å². The fourth-order valence-corrected chi connectivity index (χ4v) is 1.98. The zero-order valence-corrected chi connectivity index (χ0v) is 13.8. The molecule has 7 heteroatoms. The molecule has 0 unspecified atom stereocenters. The van der Waals surface area contributed by atoms with E-state index in [1.165, 1.54) is 0 Å². The average Bonchev–Trinajstić information content (AvgIpc) is 3.12. The molecule has 0 aliphatic rings. The molecule has 23 heavy (non-hydrogen) atoms. The van der Waals surface area contributed by atoms with Gasteiger partial charge in [0.2, 0.25) is 0 Å². The number of furan rings is 1. The van der Waals surface area contributed by atoms with Crippen molar-refractivity contribution in [3.63, 3.8) is 0 Å². The standard InChI is InChI=1S/C16H23N3O4/c1-10(2)13-7-12(23-19-13)8-17-15(20)18-9-16(4,21)14-6-5-11(3)22-14/h5-7,10,21H,8-9H2,1-4H3,(H2,17,18,20)/t16-/m1/s1. The third kappa shape index (κ3) is 4.59. The minimum Gasteiger partial charge on any atom is -0.463 e. The average molecular weight is 321 g/mol. The lowest BCUT2D eigenvalue weighted by atomic mass is 10.0. The third-order valence-corrected chi connectivity index (χ3v) is 3.46. The summed E-state index contributed by atoms with van der Waals surface area (Å²) in [4.78, 5) is 11.8. The fraction of sp³-hybridized carbons (Fsp3) is 0.500. The zero-order valence-electron chi connectivity index (χ0n) is 13.8. The highest BCUT2D eigenvalue weighted by Crippen LogP contribution is 2.21. The van der Waals surface area contributed by atoms with Crippen molar-refractivity contribution < 1.29 is 18.8 Å². The van der Waals surface area contributed by atoms with E-state index in [-0.39, 0.29) is 19.0 Å². The molecule has 0 aliphatic heterocycles. The smallest absolute Gasteiger partial charge is 0.315 e.